The Morgan fingerprint density at radius 3 is 2.67 bits per heavy atom. The number of rotatable bonds is 10. The minimum Gasteiger partial charge on any atom is -0.506 e. The number of H-pyrrole nitrogens is 1. The van der Waals surface area contributed by atoms with E-state index in [4.69, 9.17) is 9.16 Å². The molecule has 4 aromatic rings. The summed E-state index contributed by atoms with van der Waals surface area (Å²) in [6.45, 7) is 16.5. The first-order chi connectivity index (χ1) is 23.4. The van der Waals surface area contributed by atoms with Crippen molar-refractivity contribution in [3.05, 3.63) is 91.7 Å². The Labute approximate surface area is 294 Å². The van der Waals surface area contributed by atoms with Gasteiger partial charge in [0.1, 0.15) is 22.6 Å². The maximum absolute atomic E-state index is 13.1. The van der Waals surface area contributed by atoms with Gasteiger partial charge in [0.05, 0.1) is 35.8 Å². The number of ether oxygens (including phenoxy) is 1. The van der Waals surface area contributed by atoms with Gasteiger partial charge in [-0.1, -0.05) is 30.3 Å². The van der Waals surface area contributed by atoms with Crippen LogP contribution in [0.3, 0.4) is 0 Å². The fourth-order valence-electron chi connectivity index (χ4n) is 6.65. The van der Waals surface area contributed by atoms with E-state index in [0.29, 0.717) is 44.0 Å². The van der Waals surface area contributed by atoms with Crippen molar-refractivity contribution in [2.45, 2.75) is 76.9 Å². The summed E-state index contributed by atoms with van der Waals surface area (Å²) >= 11 is 1.51. The van der Waals surface area contributed by atoms with Crippen LogP contribution >= 0.6 is 11.3 Å². The Bertz CT molecular complexity index is 1830. The summed E-state index contributed by atoms with van der Waals surface area (Å²) in [6.07, 6.45) is 1.53. The third kappa shape index (κ3) is 8.50. The van der Waals surface area contributed by atoms with Crippen LogP contribution in [0.5, 0.6) is 5.75 Å². The normalized spacial score (nSPS) is 17.4. The first-order valence-corrected chi connectivity index (χ1v) is 19.9. The number of aromatic nitrogens is 2. The van der Waals surface area contributed by atoms with E-state index in [-0.39, 0.29) is 34.0 Å². The van der Waals surface area contributed by atoms with Gasteiger partial charge in [-0.25, -0.2) is 9.41 Å². The zero-order chi connectivity index (χ0) is 34.8. The number of phenols is 1. The van der Waals surface area contributed by atoms with Crippen LogP contribution in [0.2, 0.25) is 11.6 Å². The quantitative estimate of drug-likeness (QED) is 0.178. The monoisotopic (exact) mass is 702 g/mol. The predicted molar refractivity (Wildman–Crippen MR) is 195 cm³/mol. The van der Waals surface area contributed by atoms with Crippen molar-refractivity contribution in [1.29, 1.82) is 0 Å². The van der Waals surface area contributed by atoms with Gasteiger partial charge < -0.3 is 25.0 Å². The molecule has 0 radical (unpaired) electrons. The van der Waals surface area contributed by atoms with Gasteiger partial charge in [-0.2, -0.15) is 0 Å². The summed E-state index contributed by atoms with van der Waals surface area (Å²) in [4.78, 5) is 36.7. The summed E-state index contributed by atoms with van der Waals surface area (Å²) in [7, 11) is -1.19. The molecule has 2 saturated heterocycles. The molecule has 1 spiro atoms. The molecule has 0 saturated carbocycles. The van der Waals surface area contributed by atoms with Gasteiger partial charge in [0.15, 0.2) is 0 Å². The molecule has 12 heteroatoms. The zero-order valence-corrected chi connectivity index (χ0v) is 31.0. The van der Waals surface area contributed by atoms with E-state index in [1.54, 1.807) is 12.1 Å². The highest BCUT2D eigenvalue weighted by Crippen LogP contribution is 2.35. The lowest BCUT2D eigenvalue weighted by molar-refractivity contribution is -0.128. The lowest BCUT2D eigenvalue weighted by Crippen LogP contribution is -2.58. The third-order valence-electron chi connectivity index (χ3n) is 9.83. The van der Waals surface area contributed by atoms with E-state index in [0.717, 1.165) is 48.4 Å². The van der Waals surface area contributed by atoms with E-state index in [9.17, 15) is 14.7 Å². The molecular formula is C37H48N5O5SSi+. The van der Waals surface area contributed by atoms with Gasteiger partial charge >= 0.3 is 9.04 Å². The highest BCUT2D eigenvalue weighted by Gasteiger charge is 2.43. The largest absolute Gasteiger partial charge is 0.506 e. The van der Waals surface area contributed by atoms with Crippen LogP contribution < -0.4 is 10.9 Å². The van der Waals surface area contributed by atoms with Crippen LogP contribution in [0.15, 0.2) is 58.7 Å². The van der Waals surface area contributed by atoms with Gasteiger partial charge in [0.2, 0.25) is 5.56 Å². The minimum absolute atomic E-state index is 0.00996. The number of morpholine rings is 1. The number of hydrogen-bond acceptors (Lipinski definition) is 9. The first-order valence-electron chi connectivity index (χ1n) is 17.1. The Hall–Kier alpha value is -3.39. The molecule has 3 N–H and O–H groups in total. The van der Waals surface area contributed by atoms with Crippen molar-refractivity contribution in [3.8, 4) is 5.75 Å². The fraction of sp³-hybridized carbons (Fsp3) is 0.486. The molecule has 2 aliphatic rings. The first kappa shape index (κ1) is 35.4. The molecule has 0 bridgehead atoms. The standard InChI is InChI=1S/C37H47N5O5SSi/c1-25-39-30(23-48-25)35(45)42-17-18-46-37(24-42)13-15-41(16-14-37)22-27-8-6-7-26(19-27)20-38-21-32(47-49(5)36(2,3)4)28-9-11-31(43)34-29(28)10-12-33(44)40-34/h6-12,19,23,32,38H,13-18,20-22,24H2,1-5H3,(H-,40,43,44)/p+1/t32-/m0/s1. The van der Waals surface area contributed by atoms with E-state index >= 15 is 0 Å². The number of amides is 1. The summed E-state index contributed by atoms with van der Waals surface area (Å²) in [5.41, 5.74) is 3.84. The second-order valence-electron chi connectivity index (χ2n) is 14.4. The number of benzene rings is 2. The number of nitrogens with zero attached hydrogens (tertiary/aromatic N) is 3. The van der Waals surface area contributed by atoms with Gasteiger partial charge in [-0.3, -0.25) is 14.5 Å². The zero-order valence-electron chi connectivity index (χ0n) is 29.2. The number of carbonyl (C=O) groups is 1. The van der Waals surface area contributed by atoms with E-state index < -0.39 is 9.04 Å². The number of carbonyl (C=O) groups excluding carboxylic acids is 1. The van der Waals surface area contributed by atoms with Crippen LogP contribution in [-0.4, -0.2) is 84.8 Å². The molecule has 4 heterocycles. The van der Waals surface area contributed by atoms with Crippen molar-refractivity contribution in [1.82, 2.24) is 25.1 Å². The fourth-order valence-corrected chi connectivity index (χ4v) is 8.23. The number of pyridine rings is 1. The molecule has 2 aromatic carbocycles. The Morgan fingerprint density at radius 2 is 1.94 bits per heavy atom. The maximum atomic E-state index is 13.1. The maximum Gasteiger partial charge on any atom is 0.476 e. The topological polar surface area (TPSA) is 120 Å². The number of phenolic OH excluding ortho intramolecular Hbond substituents is 1. The van der Waals surface area contributed by atoms with Gasteiger partial charge in [0.25, 0.3) is 5.91 Å². The van der Waals surface area contributed by atoms with Crippen LogP contribution in [0.1, 0.15) is 71.9 Å². The molecule has 49 heavy (non-hydrogen) atoms. The second kappa shape index (κ2) is 14.8. The number of likely N-dealkylation sites (tertiary alicyclic amines) is 1. The van der Waals surface area contributed by atoms with Crippen molar-refractivity contribution in [2.75, 3.05) is 39.3 Å². The van der Waals surface area contributed by atoms with Crippen LogP contribution in [0, 0.1) is 6.92 Å². The Kier molecular flexibility index (Phi) is 10.7. The van der Waals surface area contributed by atoms with Crippen LogP contribution in [-0.2, 0) is 22.3 Å². The smallest absolute Gasteiger partial charge is 0.476 e. The van der Waals surface area contributed by atoms with E-state index in [1.807, 2.05) is 23.3 Å². The Balaban J connectivity index is 1.06. The number of nitrogens with one attached hydrogen (secondary N) is 2. The molecule has 2 fully saturated rings. The number of fused-ring (bicyclic) bond motifs is 1. The number of aryl methyl sites for hydroxylation is 1. The number of aromatic hydroxyl groups is 1. The SMILES string of the molecule is Cc1nc(C(=O)N2CCOC3(CCN(Cc4cccc(CNC[C@H](O[Si+](C)C(C)(C)C)c5ccc(O)c6[nH]c(=O)ccc56)c4)CC3)C2)cs1. The lowest BCUT2D eigenvalue weighted by Gasteiger charge is -2.47. The molecule has 0 aliphatic carbocycles. The van der Waals surface area contributed by atoms with E-state index in [2.05, 4.69) is 71.8 Å². The number of hydrogen-bond donors (Lipinski definition) is 3. The van der Waals surface area contributed by atoms with E-state index in [1.165, 1.54) is 28.5 Å². The minimum atomic E-state index is -1.19. The summed E-state index contributed by atoms with van der Waals surface area (Å²) < 4.78 is 13.1. The molecule has 2 aliphatic heterocycles. The van der Waals surface area contributed by atoms with Crippen LogP contribution in [0.4, 0.5) is 0 Å². The van der Waals surface area contributed by atoms with Crippen molar-refractivity contribution in [2.24, 2.45) is 0 Å². The summed E-state index contributed by atoms with van der Waals surface area (Å²) in [5.74, 6) is 0.0579. The van der Waals surface area contributed by atoms with Crippen molar-refractivity contribution in [3.63, 3.8) is 0 Å². The molecule has 1 amide bonds. The summed E-state index contributed by atoms with van der Waals surface area (Å²) in [6, 6.07) is 15.5. The van der Waals surface area contributed by atoms with Gasteiger partial charge in [0, 0.05) is 56.1 Å². The highest BCUT2D eigenvalue weighted by atomic mass is 32.1. The third-order valence-corrected chi connectivity index (χ3v) is 13.4. The lowest BCUT2D eigenvalue weighted by atomic mass is 9.89. The molecule has 0 unspecified atom stereocenters. The van der Waals surface area contributed by atoms with Crippen molar-refractivity contribution >= 4 is 37.2 Å². The van der Waals surface area contributed by atoms with Crippen LogP contribution in [0.25, 0.3) is 10.9 Å². The van der Waals surface area contributed by atoms with Gasteiger partial charge in [-0.05, 0) is 69.4 Å². The predicted octanol–water partition coefficient (Wildman–Crippen LogP) is 5.77. The average Bonchev–Trinajstić information content (AvgIpc) is 3.51. The molecule has 1 atom stereocenters. The number of thiazole rings is 1. The number of aromatic amines is 1. The highest BCUT2D eigenvalue weighted by molar-refractivity contribution is 7.09. The molecule has 10 nitrogen and oxygen atoms in total. The van der Waals surface area contributed by atoms with Crippen molar-refractivity contribution < 1.29 is 19.1 Å². The molecule has 6 rings (SSSR count). The molecular weight excluding hydrogens is 655 g/mol. The number of piperidine rings is 1. The molecule has 2 aromatic heterocycles. The molecule has 260 valence electrons. The Morgan fingerprint density at radius 1 is 1.16 bits per heavy atom. The summed E-state index contributed by atoms with van der Waals surface area (Å²) in [5, 5.41) is 17.7. The second-order valence-corrected chi connectivity index (χ2v) is 18.3. The average molecular weight is 703 g/mol. The van der Waals surface area contributed by atoms with Gasteiger partial charge in [-0.15, -0.1) is 11.3 Å².